The zero-order valence-corrected chi connectivity index (χ0v) is 4.69. The van der Waals surface area contributed by atoms with Gasteiger partial charge in [0.25, 0.3) is 0 Å². The summed E-state index contributed by atoms with van der Waals surface area (Å²) in [5, 5.41) is 18.6. The second-order valence-electron chi connectivity index (χ2n) is 1.61. The summed E-state index contributed by atoms with van der Waals surface area (Å²) in [7, 11) is 0. The van der Waals surface area contributed by atoms with Crippen LogP contribution >= 0.6 is 0 Å². The van der Waals surface area contributed by atoms with Crippen molar-refractivity contribution in [1.29, 1.82) is 0 Å². The third kappa shape index (κ3) is 1.48. The molecular weight excluding hydrogens is 118 g/mol. The van der Waals surface area contributed by atoms with E-state index in [1.54, 1.807) is 12.1 Å². The molecule has 0 fully saturated rings. The molecular formula is C6H6NO2. The van der Waals surface area contributed by atoms with Crippen molar-refractivity contribution in [1.82, 2.24) is 4.98 Å². The minimum Gasteiger partial charge on any atom is -0.361 e. The topological polar surface area (TPSA) is 53.0 Å². The molecule has 3 nitrogen and oxygen atoms in total. The van der Waals surface area contributed by atoms with Crippen LogP contribution in [0.15, 0.2) is 24.4 Å². The lowest BCUT2D eigenvalue weighted by atomic mass is 10.3. The Labute approximate surface area is 52.6 Å². The van der Waals surface area contributed by atoms with Gasteiger partial charge in [-0.15, -0.1) is 0 Å². The Hall–Kier alpha value is -0.930. The summed E-state index contributed by atoms with van der Waals surface area (Å²) in [6, 6.07) is 4.83. The minimum absolute atomic E-state index is 0.164. The van der Waals surface area contributed by atoms with Crippen LogP contribution in [0.25, 0.3) is 0 Å². The van der Waals surface area contributed by atoms with E-state index in [4.69, 9.17) is 5.11 Å². The van der Waals surface area contributed by atoms with Gasteiger partial charge in [-0.2, -0.15) is 5.11 Å². The molecule has 1 heterocycles. The Kier molecular flexibility index (Phi) is 1.77. The van der Waals surface area contributed by atoms with Crippen molar-refractivity contribution < 1.29 is 10.2 Å². The number of hydrogen-bond donors (Lipinski definition) is 1. The van der Waals surface area contributed by atoms with Gasteiger partial charge in [-0.05, 0) is 12.1 Å². The van der Waals surface area contributed by atoms with Crippen LogP contribution in [0.4, 0.5) is 0 Å². The second kappa shape index (κ2) is 2.57. The van der Waals surface area contributed by atoms with Gasteiger partial charge in [-0.1, -0.05) is 6.07 Å². The van der Waals surface area contributed by atoms with Crippen molar-refractivity contribution in [3.63, 3.8) is 0 Å². The highest BCUT2D eigenvalue weighted by molar-refractivity contribution is 5.03. The fraction of sp³-hybridized carbons (Fsp3) is 0.167. The van der Waals surface area contributed by atoms with E-state index in [-0.39, 0.29) is 5.69 Å². The average Bonchev–Trinajstić information content (AvgIpc) is 1.90. The zero-order valence-electron chi connectivity index (χ0n) is 4.69. The van der Waals surface area contributed by atoms with E-state index in [0.29, 0.717) is 0 Å². The SMILES string of the molecule is [O]C(O)c1ccccn1. The first kappa shape index (κ1) is 6.19. The van der Waals surface area contributed by atoms with Crippen LogP contribution in [0.5, 0.6) is 0 Å². The third-order valence-electron chi connectivity index (χ3n) is 0.941. The first-order chi connectivity index (χ1) is 4.30. The first-order valence-corrected chi connectivity index (χ1v) is 2.55. The normalized spacial score (nSPS) is 10.1. The summed E-state index contributed by atoms with van der Waals surface area (Å²) >= 11 is 0. The molecule has 1 rings (SSSR count). The van der Waals surface area contributed by atoms with Crippen molar-refractivity contribution in [2.24, 2.45) is 0 Å². The van der Waals surface area contributed by atoms with Gasteiger partial charge >= 0.3 is 0 Å². The van der Waals surface area contributed by atoms with Crippen molar-refractivity contribution in [2.45, 2.75) is 6.29 Å². The standard InChI is InChI=1S/C6H6NO2/c8-6(9)5-3-1-2-4-7-5/h1-4,6,8H. The highest BCUT2D eigenvalue weighted by Gasteiger charge is 2.01. The number of nitrogens with zero attached hydrogens (tertiary/aromatic N) is 1. The highest BCUT2D eigenvalue weighted by atomic mass is 16.5. The Morgan fingerprint density at radius 2 is 2.33 bits per heavy atom. The Morgan fingerprint density at radius 1 is 1.56 bits per heavy atom. The van der Waals surface area contributed by atoms with Crippen LogP contribution in [-0.4, -0.2) is 10.1 Å². The molecule has 0 aliphatic carbocycles. The lowest BCUT2D eigenvalue weighted by Crippen LogP contribution is -1.94. The van der Waals surface area contributed by atoms with Gasteiger partial charge in [-0.3, -0.25) is 4.98 Å². The van der Waals surface area contributed by atoms with E-state index in [1.807, 2.05) is 0 Å². The van der Waals surface area contributed by atoms with E-state index in [0.717, 1.165) is 0 Å². The minimum atomic E-state index is -1.70. The lowest BCUT2D eigenvalue weighted by Gasteiger charge is -1.96. The van der Waals surface area contributed by atoms with Crippen LogP contribution in [0, 0.1) is 0 Å². The number of aromatic nitrogens is 1. The Balaban J connectivity index is 2.85. The monoisotopic (exact) mass is 124 g/mol. The van der Waals surface area contributed by atoms with Crippen LogP contribution in [0.2, 0.25) is 0 Å². The maximum atomic E-state index is 10.2. The molecule has 3 heteroatoms. The molecule has 0 aliphatic rings. The van der Waals surface area contributed by atoms with Gasteiger partial charge in [-0.25, -0.2) is 0 Å². The van der Waals surface area contributed by atoms with Gasteiger partial charge in [0.15, 0.2) is 0 Å². The van der Waals surface area contributed by atoms with E-state index in [1.165, 1.54) is 12.3 Å². The predicted molar refractivity (Wildman–Crippen MR) is 29.9 cm³/mol. The average molecular weight is 124 g/mol. The molecule has 0 aliphatic heterocycles. The fourth-order valence-electron chi connectivity index (χ4n) is 0.522. The summed E-state index contributed by atoms with van der Waals surface area (Å²) in [6.45, 7) is 0. The largest absolute Gasteiger partial charge is 0.361 e. The van der Waals surface area contributed by atoms with Crippen LogP contribution in [-0.2, 0) is 5.11 Å². The summed E-state index contributed by atoms with van der Waals surface area (Å²) in [4.78, 5) is 3.62. The smallest absolute Gasteiger partial charge is 0.232 e. The molecule has 0 saturated carbocycles. The van der Waals surface area contributed by atoms with Crippen molar-refractivity contribution >= 4 is 0 Å². The summed E-state index contributed by atoms with van der Waals surface area (Å²) < 4.78 is 0. The Morgan fingerprint density at radius 3 is 2.67 bits per heavy atom. The van der Waals surface area contributed by atoms with Crippen molar-refractivity contribution in [2.75, 3.05) is 0 Å². The number of aliphatic hydroxyl groups excluding tert-OH is 1. The molecule has 1 atom stereocenters. The Bertz CT molecular complexity index is 174. The van der Waals surface area contributed by atoms with E-state index in [2.05, 4.69) is 4.98 Å². The van der Waals surface area contributed by atoms with Gasteiger partial charge in [0, 0.05) is 6.20 Å². The maximum Gasteiger partial charge on any atom is 0.232 e. The molecule has 1 unspecified atom stereocenters. The van der Waals surface area contributed by atoms with Gasteiger partial charge in [0.2, 0.25) is 6.29 Å². The first-order valence-electron chi connectivity index (χ1n) is 2.55. The molecule has 1 aromatic heterocycles. The van der Waals surface area contributed by atoms with Crippen LogP contribution in [0.3, 0.4) is 0 Å². The van der Waals surface area contributed by atoms with Crippen LogP contribution in [0.1, 0.15) is 12.0 Å². The molecule has 0 bridgehead atoms. The molecule has 47 valence electrons. The molecule has 0 amide bonds. The fourth-order valence-corrected chi connectivity index (χ4v) is 0.522. The summed E-state index contributed by atoms with van der Waals surface area (Å²) in [5.41, 5.74) is 0.164. The second-order valence-corrected chi connectivity index (χ2v) is 1.61. The van der Waals surface area contributed by atoms with Gasteiger partial charge in [0.1, 0.15) is 0 Å². The van der Waals surface area contributed by atoms with Gasteiger partial charge in [0.05, 0.1) is 5.69 Å². The highest BCUT2D eigenvalue weighted by Crippen LogP contribution is 2.03. The summed E-state index contributed by atoms with van der Waals surface area (Å²) in [6.07, 6.45) is -0.234. The van der Waals surface area contributed by atoms with Crippen molar-refractivity contribution in [3.05, 3.63) is 30.1 Å². The molecule has 1 radical (unpaired) electrons. The van der Waals surface area contributed by atoms with E-state index in [9.17, 15) is 5.11 Å². The maximum absolute atomic E-state index is 10.2. The van der Waals surface area contributed by atoms with E-state index >= 15 is 0 Å². The molecule has 0 aromatic carbocycles. The predicted octanol–water partition coefficient (Wildman–Crippen LogP) is 0.503. The van der Waals surface area contributed by atoms with Crippen molar-refractivity contribution in [3.8, 4) is 0 Å². The molecule has 0 spiro atoms. The lowest BCUT2D eigenvalue weighted by molar-refractivity contribution is -0.0981. The molecule has 1 aromatic rings. The molecule has 1 N–H and O–H groups in total. The number of hydrogen-bond acceptors (Lipinski definition) is 2. The molecule has 0 saturated heterocycles. The number of aliphatic hydroxyl groups is 1. The van der Waals surface area contributed by atoms with E-state index < -0.39 is 6.29 Å². The van der Waals surface area contributed by atoms with Gasteiger partial charge < -0.3 is 5.11 Å². The number of rotatable bonds is 1. The zero-order chi connectivity index (χ0) is 6.69. The molecule has 9 heavy (non-hydrogen) atoms. The summed E-state index contributed by atoms with van der Waals surface area (Å²) in [5.74, 6) is 0. The number of pyridine rings is 1. The van der Waals surface area contributed by atoms with Crippen LogP contribution < -0.4 is 0 Å². The quantitative estimate of drug-likeness (QED) is 0.554. The third-order valence-corrected chi connectivity index (χ3v) is 0.941.